The van der Waals surface area contributed by atoms with Crippen LogP contribution in [0.3, 0.4) is 0 Å². The van der Waals surface area contributed by atoms with Crippen LogP contribution >= 0.6 is 0 Å². The van der Waals surface area contributed by atoms with Crippen LogP contribution in [0.1, 0.15) is 54.9 Å². The highest BCUT2D eigenvalue weighted by Crippen LogP contribution is 2.18. The van der Waals surface area contributed by atoms with Gasteiger partial charge in [0.2, 0.25) is 5.91 Å². The van der Waals surface area contributed by atoms with E-state index in [2.05, 4.69) is 5.32 Å². The minimum absolute atomic E-state index is 0.0638. The molecule has 0 radical (unpaired) electrons. The number of aliphatic carboxylic acids is 1. The van der Waals surface area contributed by atoms with Crippen molar-refractivity contribution < 1.29 is 24.2 Å². The number of rotatable bonds is 8. The number of hydrogen-bond donors (Lipinski definition) is 2. The first kappa shape index (κ1) is 23.9. The molecule has 0 saturated heterocycles. The number of amides is 2. The van der Waals surface area contributed by atoms with Crippen LogP contribution in [0.25, 0.3) is 0 Å². The van der Waals surface area contributed by atoms with Crippen molar-refractivity contribution in [2.45, 2.75) is 72.6 Å². The molecule has 0 aliphatic heterocycles. The first-order chi connectivity index (χ1) is 11.8. The third-order valence-electron chi connectivity index (χ3n) is 4.06. The molecule has 150 valence electrons. The Morgan fingerprint density at radius 3 is 2.12 bits per heavy atom. The standard InChI is InChI=1S/C19H34N2O5/c1-9-13(4)14(10-11-15(22)23)21(8)17(24)16(12(2)3)20-18(25)26-19(5,6)7/h10-14,16H,9H2,1-8H3,(H,20,25)(H,22,23)/b11-10+/t13-,14+,16-/m0/s1. The molecule has 0 bridgehead atoms. The average molecular weight is 370 g/mol. The van der Waals surface area contributed by atoms with Crippen molar-refractivity contribution in [3.05, 3.63) is 12.2 Å². The molecule has 3 atom stereocenters. The van der Waals surface area contributed by atoms with E-state index in [-0.39, 0.29) is 23.8 Å². The maximum atomic E-state index is 13.0. The molecular formula is C19H34N2O5. The molecule has 0 saturated carbocycles. The Morgan fingerprint density at radius 2 is 1.73 bits per heavy atom. The molecular weight excluding hydrogens is 336 g/mol. The number of ether oxygens (including phenoxy) is 1. The lowest BCUT2D eigenvalue weighted by molar-refractivity contribution is -0.136. The van der Waals surface area contributed by atoms with E-state index in [9.17, 15) is 14.4 Å². The Morgan fingerprint density at radius 1 is 1.19 bits per heavy atom. The fraction of sp³-hybridized carbons (Fsp3) is 0.737. The molecule has 2 amide bonds. The molecule has 0 aromatic heterocycles. The summed E-state index contributed by atoms with van der Waals surface area (Å²) in [4.78, 5) is 37.4. The van der Waals surface area contributed by atoms with Gasteiger partial charge in [-0.05, 0) is 32.6 Å². The van der Waals surface area contributed by atoms with Crippen molar-refractivity contribution in [3.63, 3.8) is 0 Å². The predicted octanol–water partition coefficient (Wildman–Crippen LogP) is 3.05. The van der Waals surface area contributed by atoms with E-state index in [1.807, 2.05) is 27.7 Å². The predicted molar refractivity (Wildman–Crippen MR) is 101 cm³/mol. The van der Waals surface area contributed by atoms with Crippen molar-refractivity contribution >= 4 is 18.0 Å². The lowest BCUT2D eigenvalue weighted by Gasteiger charge is -2.34. The lowest BCUT2D eigenvalue weighted by Crippen LogP contribution is -2.54. The molecule has 0 aliphatic rings. The van der Waals surface area contributed by atoms with Gasteiger partial charge in [-0.2, -0.15) is 0 Å². The highest BCUT2D eigenvalue weighted by Gasteiger charge is 2.32. The molecule has 0 unspecified atom stereocenters. The fourth-order valence-corrected chi connectivity index (χ4v) is 2.44. The highest BCUT2D eigenvalue weighted by molar-refractivity contribution is 5.86. The molecule has 0 fully saturated rings. The Balaban J connectivity index is 5.40. The summed E-state index contributed by atoms with van der Waals surface area (Å²) in [6.45, 7) is 12.8. The first-order valence-corrected chi connectivity index (χ1v) is 8.97. The zero-order valence-corrected chi connectivity index (χ0v) is 17.2. The number of alkyl carbamates (subject to hydrolysis) is 1. The van der Waals surface area contributed by atoms with Gasteiger partial charge in [0, 0.05) is 13.1 Å². The van der Waals surface area contributed by atoms with Gasteiger partial charge in [0.1, 0.15) is 11.6 Å². The van der Waals surface area contributed by atoms with Crippen LogP contribution in [0, 0.1) is 11.8 Å². The van der Waals surface area contributed by atoms with E-state index >= 15 is 0 Å². The largest absolute Gasteiger partial charge is 0.478 e. The SMILES string of the molecule is CC[C@H](C)[C@@H](/C=C/C(=O)O)N(C)C(=O)[C@@H](NC(=O)OC(C)(C)C)C(C)C. The molecule has 0 aromatic carbocycles. The van der Waals surface area contributed by atoms with Gasteiger partial charge in [-0.15, -0.1) is 0 Å². The summed E-state index contributed by atoms with van der Waals surface area (Å²) >= 11 is 0. The van der Waals surface area contributed by atoms with Gasteiger partial charge < -0.3 is 20.1 Å². The summed E-state index contributed by atoms with van der Waals surface area (Å²) < 4.78 is 5.24. The van der Waals surface area contributed by atoms with E-state index in [0.717, 1.165) is 12.5 Å². The number of carboxylic acid groups (broad SMARTS) is 1. The monoisotopic (exact) mass is 370 g/mol. The first-order valence-electron chi connectivity index (χ1n) is 8.97. The number of carboxylic acids is 1. The fourth-order valence-electron chi connectivity index (χ4n) is 2.44. The number of nitrogens with one attached hydrogen (secondary N) is 1. The van der Waals surface area contributed by atoms with Crippen LogP contribution in [-0.4, -0.2) is 52.7 Å². The Kier molecular flexibility index (Phi) is 9.38. The Labute approximate surface area is 156 Å². The third-order valence-corrected chi connectivity index (χ3v) is 4.06. The van der Waals surface area contributed by atoms with Crippen LogP contribution in [0.4, 0.5) is 4.79 Å². The smallest absolute Gasteiger partial charge is 0.408 e. The summed E-state index contributed by atoms with van der Waals surface area (Å²) in [6.07, 6.45) is 2.68. The molecule has 0 spiro atoms. The molecule has 0 aliphatic carbocycles. The number of carbonyl (C=O) groups is 3. The summed E-state index contributed by atoms with van der Waals surface area (Å²) in [7, 11) is 1.62. The molecule has 26 heavy (non-hydrogen) atoms. The zero-order valence-electron chi connectivity index (χ0n) is 17.2. The van der Waals surface area contributed by atoms with Crippen LogP contribution in [0.2, 0.25) is 0 Å². The quantitative estimate of drug-likeness (QED) is 0.640. The van der Waals surface area contributed by atoms with Gasteiger partial charge in [0.15, 0.2) is 0 Å². The second-order valence-electron chi connectivity index (χ2n) is 7.89. The number of nitrogens with zero attached hydrogens (tertiary/aromatic N) is 1. The molecule has 7 nitrogen and oxygen atoms in total. The second-order valence-corrected chi connectivity index (χ2v) is 7.89. The van der Waals surface area contributed by atoms with Gasteiger partial charge in [0.05, 0.1) is 6.04 Å². The van der Waals surface area contributed by atoms with Crippen LogP contribution in [0.5, 0.6) is 0 Å². The van der Waals surface area contributed by atoms with E-state index in [0.29, 0.717) is 0 Å². The number of likely N-dealkylation sites (N-methyl/N-ethyl adjacent to an activating group) is 1. The lowest BCUT2D eigenvalue weighted by atomic mass is 9.95. The Hall–Kier alpha value is -2.05. The van der Waals surface area contributed by atoms with E-state index < -0.39 is 23.7 Å². The molecule has 0 rings (SSSR count). The molecule has 0 aromatic rings. The van der Waals surface area contributed by atoms with Gasteiger partial charge in [-0.3, -0.25) is 4.79 Å². The average Bonchev–Trinajstić information content (AvgIpc) is 2.49. The van der Waals surface area contributed by atoms with Crippen molar-refractivity contribution in [2.75, 3.05) is 7.05 Å². The molecule has 0 heterocycles. The van der Waals surface area contributed by atoms with Gasteiger partial charge in [-0.25, -0.2) is 9.59 Å². The summed E-state index contributed by atoms with van der Waals surface area (Å²) in [5, 5.41) is 11.5. The summed E-state index contributed by atoms with van der Waals surface area (Å²) in [6, 6.07) is -1.15. The van der Waals surface area contributed by atoms with Crippen LogP contribution in [0.15, 0.2) is 12.2 Å². The van der Waals surface area contributed by atoms with E-state index in [1.165, 1.54) is 11.0 Å². The topological polar surface area (TPSA) is 95.9 Å². The molecule has 7 heteroatoms. The molecule has 2 N–H and O–H groups in total. The Bertz CT molecular complexity index is 523. The normalized spacial score (nSPS) is 15.4. The van der Waals surface area contributed by atoms with Crippen LogP contribution < -0.4 is 5.32 Å². The minimum Gasteiger partial charge on any atom is -0.478 e. The van der Waals surface area contributed by atoms with E-state index in [1.54, 1.807) is 27.8 Å². The van der Waals surface area contributed by atoms with Crippen molar-refractivity contribution in [2.24, 2.45) is 11.8 Å². The van der Waals surface area contributed by atoms with Gasteiger partial charge >= 0.3 is 12.1 Å². The van der Waals surface area contributed by atoms with E-state index in [4.69, 9.17) is 9.84 Å². The summed E-state index contributed by atoms with van der Waals surface area (Å²) in [5.41, 5.74) is -0.663. The zero-order chi connectivity index (χ0) is 20.7. The van der Waals surface area contributed by atoms with Gasteiger partial charge in [0.25, 0.3) is 0 Å². The third kappa shape index (κ3) is 8.36. The maximum absolute atomic E-state index is 13.0. The second kappa shape index (κ2) is 10.2. The van der Waals surface area contributed by atoms with Crippen molar-refractivity contribution in [3.8, 4) is 0 Å². The highest BCUT2D eigenvalue weighted by atomic mass is 16.6. The van der Waals surface area contributed by atoms with Crippen LogP contribution in [-0.2, 0) is 14.3 Å². The van der Waals surface area contributed by atoms with Crippen molar-refractivity contribution in [1.82, 2.24) is 10.2 Å². The minimum atomic E-state index is -1.06. The number of carbonyl (C=O) groups excluding carboxylic acids is 2. The van der Waals surface area contributed by atoms with Gasteiger partial charge in [-0.1, -0.05) is 40.2 Å². The number of hydrogen-bond acceptors (Lipinski definition) is 4. The summed E-state index contributed by atoms with van der Waals surface area (Å²) in [5.74, 6) is -1.44. The van der Waals surface area contributed by atoms with Crippen molar-refractivity contribution in [1.29, 1.82) is 0 Å². The maximum Gasteiger partial charge on any atom is 0.408 e.